The number of benzene rings is 2. The molecule has 0 aliphatic carbocycles. The third kappa shape index (κ3) is 6.87. The molecule has 1 unspecified atom stereocenters. The molecule has 0 saturated heterocycles. The minimum atomic E-state index is -3.76. The highest BCUT2D eigenvalue weighted by Gasteiger charge is 2.39. The first-order chi connectivity index (χ1) is 15.4. The molecular formula is C21H27N2O5PS3. The van der Waals surface area contributed by atoms with Crippen molar-refractivity contribution in [1.29, 1.82) is 0 Å². The van der Waals surface area contributed by atoms with E-state index < -0.39 is 23.4 Å². The summed E-state index contributed by atoms with van der Waals surface area (Å²) >= 11 is 3.13. The SMILES string of the molecule is CCOP(=O)(OCC)C(NS(=O)(=O)CCCSc1nc2ccccc2s1)c1ccccc1. The van der Waals surface area contributed by atoms with Crippen LogP contribution in [0, 0.1) is 0 Å². The van der Waals surface area contributed by atoms with Crippen molar-refractivity contribution in [1.82, 2.24) is 9.71 Å². The number of hydrogen-bond acceptors (Lipinski definition) is 8. The molecule has 0 aliphatic rings. The second kappa shape index (κ2) is 11.7. The zero-order valence-corrected chi connectivity index (χ0v) is 21.3. The lowest BCUT2D eigenvalue weighted by atomic mass is 10.2. The number of fused-ring (bicyclic) bond motifs is 1. The molecule has 32 heavy (non-hydrogen) atoms. The fourth-order valence-electron chi connectivity index (χ4n) is 3.05. The summed E-state index contributed by atoms with van der Waals surface area (Å²) < 4.78 is 54.6. The number of nitrogens with zero attached hydrogens (tertiary/aromatic N) is 1. The molecule has 1 heterocycles. The van der Waals surface area contributed by atoms with Crippen molar-refractivity contribution in [3.8, 4) is 0 Å². The minimum Gasteiger partial charge on any atom is -0.308 e. The molecule has 174 valence electrons. The van der Waals surface area contributed by atoms with Gasteiger partial charge in [0.05, 0.1) is 29.2 Å². The van der Waals surface area contributed by atoms with Gasteiger partial charge in [0.25, 0.3) is 0 Å². The fraction of sp³-hybridized carbons (Fsp3) is 0.381. The van der Waals surface area contributed by atoms with E-state index in [-0.39, 0.29) is 19.0 Å². The van der Waals surface area contributed by atoms with Crippen molar-refractivity contribution >= 4 is 50.9 Å². The Morgan fingerprint density at radius 3 is 2.38 bits per heavy atom. The topological polar surface area (TPSA) is 94.6 Å². The lowest BCUT2D eigenvalue weighted by Gasteiger charge is -2.27. The second-order valence-electron chi connectivity index (χ2n) is 6.77. The largest absolute Gasteiger partial charge is 0.352 e. The van der Waals surface area contributed by atoms with Gasteiger partial charge in [-0.15, -0.1) is 11.3 Å². The van der Waals surface area contributed by atoms with Gasteiger partial charge in [-0.05, 0) is 38.0 Å². The van der Waals surface area contributed by atoms with E-state index >= 15 is 0 Å². The molecule has 0 fully saturated rings. The third-order valence-corrected chi connectivity index (χ3v) is 10.6. The molecule has 11 heteroatoms. The molecule has 0 radical (unpaired) electrons. The number of thioether (sulfide) groups is 1. The minimum absolute atomic E-state index is 0.105. The molecule has 0 saturated carbocycles. The van der Waals surface area contributed by atoms with Crippen LogP contribution in [0.15, 0.2) is 58.9 Å². The highest BCUT2D eigenvalue weighted by atomic mass is 32.2. The highest BCUT2D eigenvalue weighted by Crippen LogP contribution is 2.59. The van der Waals surface area contributed by atoms with Crippen molar-refractivity contribution in [2.45, 2.75) is 30.4 Å². The average Bonchev–Trinajstić information content (AvgIpc) is 3.19. The second-order valence-corrected chi connectivity index (χ2v) is 13.1. The van der Waals surface area contributed by atoms with Crippen LogP contribution in [0.25, 0.3) is 10.2 Å². The Bertz CT molecular complexity index is 1110. The van der Waals surface area contributed by atoms with E-state index in [9.17, 15) is 13.0 Å². The molecule has 3 rings (SSSR count). The maximum absolute atomic E-state index is 13.4. The number of thiazole rings is 1. The predicted molar refractivity (Wildman–Crippen MR) is 132 cm³/mol. The van der Waals surface area contributed by atoms with Crippen LogP contribution >= 0.6 is 30.7 Å². The Morgan fingerprint density at radius 2 is 1.72 bits per heavy atom. The molecule has 2 aromatic carbocycles. The molecule has 1 atom stereocenters. The van der Waals surface area contributed by atoms with Gasteiger partial charge in [0.1, 0.15) is 5.78 Å². The van der Waals surface area contributed by atoms with Crippen LogP contribution in [-0.2, 0) is 23.6 Å². The van der Waals surface area contributed by atoms with E-state index in [1.54, 1.807) is 55.5 Å². The van der Waals surface area contributed by atoms with Gasteiger partial charge in [0.15, 0.2) is 4.34 Å². The van der Waals surface area contributed by atoms with E-state index in [1.165, 1.54) is 11.8 Å². The van der Waals surface area contributed by atoms with Crippen LogP contribution in [0.3, 0.4) is 0 Å². The molecule has 0 aliphatic heterocycles. The Kier molecular flexibility index (Phi) is 9.31. The summed E-state index contributed by atoms with van der Waals surface area (Å²) in [6.45, 7) is 3.67. The normalized spacial score (nSPS) is 13.4. The van der Waals surface area contributed by atoms with Gasteiger partial charge in [-0.1, -0.05) is 54.2 Å². The average molecular weight is 515 g/mol. The first kappa shape index (κ1) is 25.4. The van der Waals surface area contributed by atoms with E-state index in [2.05, 4.69) is 9.71 Å². The van der Waals surface area contributed by atoms with Gasteiger partial charge in [-0.2, -0.15) is 4.72 Å². The lowest BCUT2D eigenvalue weighted by molar-refractivity contribution is 0.210. The number of nitrogens with one attached hydrogen (secondary N) is 1. The number of hydrogen-bond donors (Lipinski definition) is 1. The Balaban J connectivity index is 1.65. The zero-order chi connectivity index (χ0) is 23.0. The molecule has 1 aromatic heterocycles. The Hall–Kier alpha value is -1.26. The van der Waals surface area contributed by atoms with Crippen LogP contribution in [-0.4, -0.2) is 38.1 Å². The number of para-hydroxylation sites is 1. The van der Waals surface area contributed by atoms with Gasteiger partial charge in [-0.25, -0.2) is 13.4 Å². The van der Waals surface area contributed by atoms with Crippen molar-refractivity contribution in [2.24, 2.45) is 0 Å². The first-order valence-corrected chi connectivity index (χ1v) is 15.4. The van der Waals surface area contributed by atoms with Crippen LogP contribution in [0.1, 0.15) is 31.6 Å². The van der Waals surface area contributed by atoms with E-state index in [0.717, 1.165) is 14.6 Å². The smallest absolute Gasteiger partial charge is 0.308 e. The van der Waals surface area contributed by atoms with Gasteiger partial charge >= 0.3 is 7.60 Å². The summed E-state index contributed by atoms with van der Waals surface area (Å²) in [4.78, 5) is 4.55. The molecule has 0 spiro atoms. The van der Waals surface area contributed by atoms with Gasteiger partial charge < -0.3 is 9.05 Å². The summed E-state index contributed by atoms with van der Waals surface area (Å²) in [7, 11) is -7.50. The highest BCUT2D eigenvalue weighted by molar-refractivity contribution is 8.01. The molecule has 1 N–H and O–H groups in total. The van der Waals surface area contributed by atoms with Gasteiger partial charge in [-0.3, -0.25) is 4.57 Å². The van der Waals surface area contributed by atoms with Crippen molar-refractivity contribution in [2.75, 3.05) is 24.7 Å². The summed E-state index contributed by atoms with van der Waals surface area (Å²) in [5, 5.41) is 0. The van der Waals surface area contributed by atoms with E-state index in [0.29, 0.717) is 17.7 Å². The quantitative estimate of drug-likeness (QED) is 0.179. The summed E-state index contributed by atoms with van der Waals surface area (Å²) in [6, 6.07) is 16.6. The Labute approximate surface area is 197 Å². The molecule has 7 nitrogen and oxygen atoms in total. The van der Waals surface area contributed by atoms with Crippen molar-refractivity contribution < 1.29 is 22.0 Å². The summed E-state index contributed by atoms with van der Waals surface area (Å²) in [5.74, 6) is -0.608. The summed E-state index contributed by atoms with van der Waals surface area (Å²) in [5.41, 5.74) is 1.48. The third-order valence-electron chi connectivity index (χ3n) is 4.40. The van der Waals surface area contributed by atoms with Crippen LogP contribution in [0.4, 0.5) is 0 Å². The van der Waals surface area contributed by atoms with Crippen LogP contribution < -0.4 is 4.72 Å². The molecule has 0 amide bonds. The first-order valence-electron chi connectivity index (χ1n) is 10.3. The van der Waals surface area contributed by atoms with Crippen LogP contribution in [0.2, 0.25) is 0 Å². The summed E-state index contributed by atoms with van der Waals surface area (Å²) in [6.07, 6.45) is 0.422. The maximum Gasteiger partial charge on any atom is 0.352 e. The van der Waals surface area contributed by atoms with Gasteiger partial charge in [0, 0.05) is 5.75 Å². The predicted octanol–water partition coefficient (Wildman–Crippen LogP) is 5.66. The molecule has 3 aromatic rings. The number of rotatable bonds is 13. The standard InChI is InChI=1S/C21H27N2O5PS3/c1-3-27-29(24,28-4-2)20(17-11-6-5-7-12-17)23-32(25,26)16-10-15-30-21-22-18-13-8-9-14-19(18)31-21/h5-9,11-14,20,23H,3-4,10,15-16H2,1-2H3. The van der Waals surface area contributed by atoms with Crippen LogP contribution in [0.5, 0.6) is 0 Å². The van der Waals surface area contributed by atoms with E-state index in [4.69, 9.17) is 9.05 Å². The van der Waals surface area contributed by atoms with Crippen molar-refractivity contribution in [3.05, 3.63) is 60.2 Å². The molecular weight excluding hydrogens is 487 g/mol. The number of aromatic nitrogens is 1. The monoisotopic (exact) mass is 514 g/mol. The van der Waals surface area contributed by atoms with Crippen molar-refractivity contribution in [3.63, 3.8) is 0 Å². The fourth-order valence-corrected chi connectivity index (χ4v) is 9.05. The zero-order valence-electron chi connectivity index (χ0n) is 18.0. The lowest BCUT2D eigenvalue weighted by Crippen LogP contribution is -2.32. The molecule has 0 bridgehead atoms. The maximum atomic E-state index is 13.4. The number of sulfonamides is 1. The van der Waals surface area contributed by atoms with E-state index in [1.807, 2.05) is 24.3 Å². The Morgan fingerprint density at radius 1 is 1.06 bits per heavy atom. The van der Waals surface area contributed by atoms with Gasteiger partial charge in [0.2, 0.25) is 10.0 Å².